The number of aryl methyl sites for hydroxylation is 3. The van der Waals surface area contributed by atoms with Crippen LogP contribution in [0.3, 0.4) is 0 Å². The molecular formula is C17H18O. The molecule has 0 aromatic heterocycles. The van der Waals surface area contributed by atoms with E-state index in [1.54, 1.807) is 0 Å². The molecule has 2 rings (SSSR count). The van der Waals surface area contributed by atoms with Crippen LogP contribution in [0.25, 0.3) is 0 Å². The second kappa shape index (κ2) is 5.63. The van der Waals surface area contributed by atoms with Crippen molar-refractivity contribution in [3.8, 4) is 0 Å². The van der Waals surface area contributed by atoms with Crippen molar-refractivity contribution in [3.05, 3.63) is 70.8 Å². The summed E-state index contributed by atoms with van der Waals surface area (Å²) in [4.78, 5) is 12.0. The first-order valence-electron chi connectivity index (χ1n) is 6.30. The fourth-order valence-corrected chi connectivity index (χ4v) is 2.01. The van der Waals surface area contributed by atoms with E-state index in [1.807, 2.05) is 37.3 Å². The molecule has 0 aliphatic carbocycles. The van der Waals surface area contributed by atoms with Crippen LogP contribution >= 0.6 is 0 Å². The van der Waals surface area contributed by atoms with Crippen LogP contribution in [0.5, 0.6) is 0 Å². The van der Waals surface area contributed by atoms with Gasteiger partial charge < -0.3 is 0 Å². The van der Waals surface area contributed by atoms with E-state index in [-0.39, 0.29) is 5.78 Å². The maximum absolute atomic E-state index is 12.0. The third-order valence-corrected chi connectivity index (χ3v) is 3.10. The first kappa shape index (κ1) is 12.6. The van der Waals surface area contributed by atoms with Gasteiger partial charge in [0.1, 0.15) is 0 Å². The highest BCUT2D eigenvalue weighted by Crippen LogP contribution is 2.11. The zero-order chi connectivity index (χ0) is 13.0. The van der Waals surface area contributed by atoms with Gasteiger partial charge in [0.05, 0.1) is 0 Å². The quantitative estimate of drug-likeness (QED) is 0.732. The Labute approximate surface area is 108 Å². The van der Waals surface area contributed by atoms with Gasteiger partial charge in [-0.1, -0.05) is 59.7 Å². The third kappa shape index (κ3) is 3.30. The molecule has 0 aliphatic heterocycles. The maximum Gasteiger partial charge on any atom is 0.163 e. The molecule has 0 unspecified atom stereocenters. The van der Waals surface area contributed by atoms with Crippen molar-refractivity contribution < 1.29 is 4.79 Å². The fraction of sp³-hybridized carbons (Fsp3) is 0.235. The summed E-state index contributed by atoms with van der Waals surface area (Å²) in [5.74, 6) is 0.219. The Hall–Kier alpha value is -1.89. The van der Waals surface area contributed by atoms with Crippen LogP contribution in [-0.2, 0) is 6.42 Å². The summed E-state index contributed by atoms with van der Waals surface area (Å²) in [6.45, 7) is 4.10. The summed E-state index contributed by atoms with van der Waals surface area (Å²) in [5.41, 5.74) is 4.48. The largest absolute Gasteiger partial charge is 0.294 e. The number of carbonyl (C=O) groups excluding carboxylic acids is 1. The van der Waals surface area contributed by atoms with Crippen LogP contribution in [-0.4, -0.2) is 5.78 Å². The second-order valence-electron chi connectivity index (χ2n) is 4.78. The van der Waals surface area contributed by atoms with Crippen molar-refractivity contribution in [1.82, 2.24) is 0 Å². The van der Waals surface area contributed by atoms with Crippen LogP contribution in [0.15, 0.2) is 48.5 Å². The summed E-state index contributed by atoms with van der Waals surface area (Å²) >= 11 is 0. The standard InChI is InChI=1S/C17H18O/c1-13-6-9-16(10-7-13)17(18)11-8-15-5-3-4-14(2)12-15/h3-7,9-10,12H,8,11H2,1-2H3. The fourth-order valence-electron chi connectivity index (χ4n) is 2.01. The topological polar surface area (TPSA) is 17.1 Å². The Balaban J connectivity index is 1.98. The van der Waals surface area contributed by atoms with Gasteiger partial charge in [-0.2, -0.15) is 0 Å². The van der Waals surface area contributed by atoms with Crippen LogP contribution in [0, 0.1) is 13.8 Å². The van der Waals surface area contributed by atoms with Crippen molar-refractivity contribution in [2.24, 2.45) is 0 Å². The first-order chi connectivity index (χ1) is 8.65. The highest BCUT2D eigenvalue weighted by atomic mass is 16.1. The molecule has 0 amide bonds. The van der Waals surface area contributed by atoms with Gasteiger partial charge in [-0.3, -0.25) is 4.79 Å². The lowest BCUT2D eigenvalue weighted by Gasteiger charge is -2.03. The number of benzene rings is 2. The molecule has 2 aromatic rings. The van der Waals surface area contributed by atoms with Gasteiger partial charge in [0.25, 0.3) is 0 Å². The molecule has 0 radical (unpaired) electrons. The minimum absolute atomic E-state index is 0.219. The average molecular weight is 238 g/mol. The van der Waals surface area contributed by atoms with E-state index in [1.165, 1.54) is 16.7 Å². The van der Waals surface area contributed by atoms with Gasteiger partial charge in [-0.25, -0.2) is 0 Å². The molecular weight excluding hydrogens is 220 g/mol. The van der Waals surface area contributed by atoms with E-state index in [2.05, 4.69) is 25.1 Å². The Kier molecular flexibility index (Phi) is 3.93. The monoisotopic (exact) mass is 238 g/mol. The first-order valence-corrected chi connectivity index (χ1v) is 6.30. The maximum atomic E-state index is 12.0. The average Bonchev–Trinajstić information content (AvgIpc) is 2.37. The lowest BCUT2D eigenvalue weighted by atomic mass is 10.0. The van der Waals surface area contributed by atoms with E-state index in [0.717, 1.165) is 12.0 Å². The van der Waals surface area contributed by atoms with E-state index >= 15 is 0 Å². The van der Waals surface area contributed by atoms with E-state index in [9.17, 15) is 4.79 Å². The van der Waals surface area contributed by atoms with Gasteiger partial charge in [0.2, 0.25) is 0 Å². The van der Waals surface area contributed by atoms with Gasteiger partial charge in [0.15, 0.2) is 5.78 Å². The summed E-state index contributed by atoms with van der Waals surface area (Å²) in [6, 6.07) is 16.1. The van der Waals surface area contributed by atoms with Gasteiger partial charge in [-0.15, -0.1) is 0 Å². The van der Waals surface area contributed by atoms with Crippen molar-refractivity contribution in [1.29, 1.82) is 0 Å². The minimum Gasteiger partial charge on any atom is -0.294 e. The van der Waals surface area contributed by atoms with Crippen LogP contribution < -0.4 is 0 Å². The summed E-state index contributed by atoms with van der Waals surface area (Å²) in [6.07, 6.45) is 1.39. The Morgan fingerprint density at radius 2 is 1.67 bits per heavy atom. The number of hydrogen-bond acceptors (Lipinski definition) is 1. The molecule has 0 aliphatic rings. The molecule has 1 heteroatoms. The molecule has 0 saturated carbocycles. The normalized spacial score (nSPS) is 10.3. The summed E-state index contributed by atoms with van der Waals surface area (Å²) in [5, 5.41) is 0. The molecule has 0 atom stereocenters. The van der Waals surface area contributed by atoms with Crippen LogP contribution in [0.4, 0.5) is 0 Å². The SMILES string of the molecule is Cc1ccc(C(=O)CCc2cccc(C)c2)cc1. The van der Waals surface area contributed by atoms with E-state index in [0.29, 0.717) is 6.42 Å². The molecule has 1 nitrogen and oxygen atoms in total. The molecule has 2 aromatic carbocycles. The lowest BCUT2D eigenvalue weighted by molar-refractivity contribution is 0.0983. The van der Waals surface area contributed by atoms with Gasteiger partial charge in [0, 0.05) is 12.0 Å². The Morgan fingerprint density at radius 1 is 0.944 bits per heavy atom. The highest BCUT2D eigenvalue weighted by Gasteiger charge is 2.05. The number of rotatable bonds is 4. The van der Waals surface area contributed by atoms with E-state index in [4.69, 9.17) is 0 Å². The van der Waals surface area contributed by atoms with Crippen LogP contribution in [0.1, 0.15) is 33.5 Å². The van der Waals surface area contributed by atoms with Crippen molar-refractivity contribution >= 4 is 5.78 Å². The van der Waals surface area contributed by atoms with Gasteiger partial charge in [-0.05, 0) is 25.8 Å². The smallest absolute Gasteiger partial charge is 0.163 e. The van der Waals surface area contributed by atoms with Crippen molar-refractivity contribution in [3.63, 3.8) is 0 Å². The predicted octanol–water partition coefficient (Wildman–Crippen LogP) is 4.12. The van der Waals surface area contributed by atoms with Crippen molar-refractivity contribution in [2.75, 3.05) is 0 Å². The van der Waals surface area contributed by atoms with Crippen LogP contribution in [0.2, 0.25) is 0 Å². The molecule has 92 valence electrons. The molecule has 0 heterocycles. The highest BCUT2D eigenvalue weighted by molar-refractivity contribution is 5.96. The second-order valence-corrected chi connectivity index (χ2v) is 4.78. The van der Waals surface area contributed by atoms with E-state index < -0.39 is 0 Å². The number of Topliss-reactive ketones (excluding diaryl/α,β-unsaturated/α-hetero) is 1. The molecule has 0 N–H and O–H groups in total. The summed E-state index contributed by atoms with van der Waals surface area (Å²) < 4.78 is 0. The summed E-state index contributed by atoms with van der Waals surface area (Å²) in [7, 11) is 0. The zero-order valence-corrected chi connectivity index (χ0v) is 10.9. The molecule has 0 saturated heterocycles. The van der Waals surface area contributed by atoms with Gasteiger partial charge >= 0.3 is 0 Å². The molecule has 0 spiro atoms. The zero-order valence-electron chi connectivity index (χ0n) is 10.9. The number of carbonyl (C=O) groups is 1. The molecule has 0 bridgehead atoms. The number of hydrogen-bond donors (Lipinski definition) is 0. The minimum atomic E-state index is 0.219. The van der Waals surface area contributed by atoms with Crippen molar-refractivity contribution in [2.45, 2.75) is 26.7 Å². The Bertz CT molecular complexity index is 538. The lowest BCUT2D eigenvalue weighted by Crippen LogP contribution is -2.01. The molecule has 0 fully saturated rings. The molecule has 18 heavy (non-hydrogen) atoms. The number of ketones is 1. The third-order valence-electron chi connectivity index (χ3n) is 3.10. The Morgan fingerprint density at radius 3 is 2.33 bits per heavy atom. The predicted molar refractivity (Wildman–Crippen MR) is 75.0 cm³/mol.